The van der Waals surface area contributed by atoms with E-state index in [1.165, 1.54) is 0 Å². The van der Waals surface area contributed by atoms with Gasteiger partial charge < -0.3 is 10.1 Å². The lowest BCUT2D eigenvalue weighted by Gasteiger charge is -2.11. The van der Waals surface area contributed by atoms with E-state index in [1.807, 2.05) is 6.07 Å². The van der Waals surface area contributed by atoms with Gasteiger partial charge in [0, 0.05) is 18.5 Å². The lowest BCUT2D eigenvalue weighted by atomic mass is 10.2. The van der Waals surface area contributed by atoms with Crippen molar-refractivity contribution in [1.82, 2.24) is 9.97 Å². The van der Waals surface area contributed by atoms with Gasteiger partial charge >= 0.3 is 0 Å². The minimum atomic E-state index is 0.282. The highest BCUT2D eigenvalue weighted by Crippen LogP contribution is 2.18. The van der Waals surface area contributed by atoms with E-state index in [9.17, 15) is 0 Å². The molecule has 1 heterocycles. The maximum atomic E-state index is 5.55. The van der Waals surface area contributed by atoms with Crippen molar-refractivity contribution in [3.63, 3.8) is 0 Å². The Balaban J connectivity index is 2.88. The third kappa shape index (κ3) is 4.43. The van der Waals surface area contributed by atoms with E-state index in [2.05, 4.69) is 42.6 Å². The Morgan fingerprint density at radius 3 is 2.82 bits per heavy atom. The number of rotatable bonds is 7. The van der Waals surface area contributed by atoms with Crippen LogP contribution in [0.4, 0.5) is 5.82 Å². The molecule has 0 fully saturated rings. The molecule has 17 heavy (non-hydrogen) atoms. The topological polar surface area (TPSA) is 47.0 Å². The van der Waals surface area contributed by atoms with Crippen LogP contribution in [0.5, 0.6) is 5.88 Å². The van der Waals surface area contributed by atoms with E-state index in [0.29, 0.717) is 19.0 Å². The van der Waals surface area contributed by atoms with Crippen molar-refractivity contribution in [2.45, 2.75) is 33.1 Å². The second-order valence-electron chi connectivity index (χ2n) is 4.12. The zero-order chi connectivity index (χ0) is 12.7. The van der Waals surface area contributed by atoms with Gasteiger partial charge in [0.05, 0.1) is 6.61 Å². The van der Waals surface area contributed by atoms with Crippen LogP contribution < -0.4 is 10.1 Å². The molecule has 0 saturated carbocycles. The van der Waals surface area contributed by atoms with Crippen molar-refractivity contribution < 1.29 is 4.74 Å². The average molecular weight is 235 g/mol. The maximum Gasteiger partial charge on any atom is 0.218 e. The zero-order valence-corrected chi connectivity index (χ0v) is 10.9. The second kappa shape index (κ2) is 6.89. The molecular formula is C13H21N3O. The predicted octanol–water partition coefficient (Wildman–Crippen LogP) is 2.99. The van der Waals surface area contributed by atoms with E-state index in [1.54, 1.807) is 6.08 Å². The minimum absolute atomic E-state index is 0.282. The summed E-state index contributed by atoms with van der Waals surface area (Å²) in [5.74, 6) is 2.50. The molecule has 0 bridgehead atoms. The van der Waals surface area contributed by atoms with Crippen molar-refractivity contribution in [3.05, 3.63) is 24.5 Å². The summed E-state index contributed by atoms with van der Waals surface area (Å²) in [7, 11) is 0. The lowest BCUT2D eigenvalue weighted by Crippen LogP contribution is -2.07. The molecule has 4 nitrogen and oxygen atoms in total. The maximum absolute atomic E-state index is 5.55. The van der Waals surface area contributed by atoms with Gasteiger partial charge in [-0.05, 0) is 6.42 Å². The molecular weight excluding hydrogens is 214 g/mol. The van der Waals surface area contributed by atoms with Crippen molar-refractivity contribution in [2.75, 3.05) is 18.5 Å². The molecule has 1 aromatic heterocycles. The number of aromatic nitrogens is 2. The van der Waals surface area contributed by atoms with E-state index in [4.69, 9.17) is 4.74 Å². The first-order valence-electron chi connectivity index (χ1n) is 6.04. The molecule has 94 valence electrons. The van der Waals surface area contributed by atoms with E-state index in [-0.39, 0.29) is 5.92 Å². The SMILES string of the molecule is C=CCNc1cc(OCCC)nc(C(C)C)n1. The van der Waals surface area contributed by atoms with Gasteiger partial charge in [-0.2, -0.15) is 4.98 Å². The van der Waals surface area contributed by atoms with Gasteiger partial charge in [0.25, 0.3) is 0 Å². The lowest BCUT2D eigenvalue weighted by molar-refractivity contribution is 0.303. The Morgan fingerprint density at radius 2 is 2.24 bits per heavy atom. The summed E-state index contributed by atoms with van der Waals surface area (Å²) in [6.07, 6.45) is 2.76. The van der Waals surface area contributed by atoms with Crippen LogP contribution in [-0.4, -0.2) is 23.1 Å². The molecule has 0 aromatic carbocycles. The standard InChI is InChI=1S/C13H21N3O/c1-5-7-14-11-9-12(17-8-6-2)16-13(15-11)10(3)4/h5,9-10H,1,6-8H2,2-4H3,(H,14,15,16). The van der Waals surface area contributed by atoms with Crippen LogP contribution in [0.3, 0.4) is 0 Å². The number of anilines is 1. The van der Waals surface area contributed by atoms with Crippen LogP contribution in [0.15, 0.2) is 18.7 Å². The van der Waals surface area contributed by atoms with Gasteiger partial charge in [-0.15, -0.1) is 6.58 Å². The largest absolute Gasteiger partial charge is 0.478 e. The third-order valence-corrected chi connectivity index (χ3v) is 2.12. The Bertz CT molecular complexity index is 364. The summed E-state index contributed by atoms with van der Waals surface area (Å²) in [5.41, 5.74) is 0. The van der Waals surface area contributed by atoms with Crippen molar-refractivity contribution >= 4 is 5.82 Å². The van der Waals surface area contributed by atoms with Gasteiger partial charge in [0.2, 0.25) is 5.88 Å². The quantitative estimate of drug-likeness (QED) is 0.738. The molecule has 1 rings (SSSR count). The number of nitrogens with zero attached hydrogens (tertiary/aromatic N) is 2. The molecule has 4 heteroatoms. The molecule has 0 saturated heterocycles. The molecule has 0 radical (unpaired) electrons. The zero-order valence-electron chi connectivity index (χ0n) is 10.9. The van der Waals surface area contributed by atoms with Crippen LogP contribution in [0.1, 0.15) is 38.9 Å². The van der Waals surface area contributed by atoms with Crippen LogP contribution in [-0.2, 0) is 0 Å². The summed E-state index contributed by atoms with van der Waals surface area (Å²) in [6.45, 7) is 11.2. The summed E-state index contributed by atoms with van der Waals surface area (Å²) in [5, 5.41) is 3.16. The first-order valence-corrected chi connectivity index (χ1v) is 6.04. The number of nitrogens with one attached hydrogen (secondary N) is 1. The Hall–Kier alpha value is -1.58. The molecule has 0 atom stereocenters. The predicted molar refractivity (Wildman–Crippen MR) is 70.6 cm³/mol. The van der Waals surface area contributed by atoms with Crippen molar-refractivity contribution in [2.24, 2.45) is 0 Å². The Labute approximate surface area is 103 Å². The van der Waals surface area contributed by atoms with E-state index in [0.717, 1.165) is 18.1 Å². The van der Waals surface area contributed by atoms with Crippen molar-refractivity contribution in [3.8, 4) is 5.88 Å². The van der Waals surface area contributed by atoms with Crippen molar-refractivity contribution in [1.29, 1.82) is 0 Å². The summed E-state index contributed by atoms with van der Waals surface area (Å²) in [4.78, 5) is 8.81. The first-order chi connectivity index (χ1) is 8.17. The number of hydrogen-bond donors (Lipinski definition) is 1. The summed E-state index contributed by atoms with van der Waals surface area (Å²) >= 11 is 0. The molecule has 0 spiro atoms. The van der Waals surface area contributed by atoms with E-state index >= 15 is 0 Å². The molecule has 0 aliphatic carbocycles. The third-order valence-electron chi connectivity index (χ3n) is 2.12. The highest BCUT2D eigenvalue weighted by atomic mass is 16.5. The molecule has 0 aliphatic rings. The van der Waals surface area contributed by atoms with Gasteiger partial charge in [-0.3, -0.25) is 0 Å². The molecule has 0 aliphatic heterocycles. The highest BCUT2D eigenvalue weighted by Gasteiger charge is 2.08. The van der Waals surface area contributed by atoms with Crippen LogP contribution in [0.25, 0.3) is 0 Å². The fourth-order valence-corrected chi connectivity index (χ4v) is 1.25. The molecule has 1 aromatic rings. The minimum Gasteiger partial charge on any atom is -0.478 e. The molecule has 0 unspecified atom stereocenters. The fraction of sp³-hybridized carbons (Fsp3) is 0.538. The van der Waals surface area contributed by atoms with Gasteiger partial charge in [-0.1, -0.05) is 26.8 Å². The highest BCUT2D eigenvalue weighted by molar-refractivity contribution is 5.39. The summed E-state index contributed by atoms with van der Waals surface area (Å²) < 4.78 is 5.55. The first kappa shape index (κ1) is 13.5. The van der Waals surface area contributed by atoms with Gasteiger partial charge in [-0.25, -0.2) is 4.98 Å². The molecule has 0 amide bonds. The molecule has 1 N–H and O–H groups in total. The van der Waals surface area contributed by atoms with Crippen LogP contribution >= 0.6 is 0 Å². The Morgan fingerprint density at radius 1 is 1.47 bits per heavy atom. The monoisotopic (exact) mass is 235 g/mol. The van der Waals surface area contributed by atoms with Crippen LogP contribution in [0, 0.1) is 0 Å². The smallest absolute Gasteiger partial charge is 0.218 e. The average Bonchev–Trinajstić information content (AvgIpc) is 2.33. The number of ether oxygens (including phenoxy) is 1. The normalized spacial score (nSPS) is 10.4. The fourth-order valence-electron chi connectivity index (χ4n) is 1.25. The second-order valence-corrected chi connectivity index (χ2v) is 4.12. The van der Waals surface area contributed by atoms with Gasteiger partial charge in [0.15, 0.2) is 0 Å². The summed E-state index contributed by atoms with van der Waals surface area (Å²) in [6, 6.07) is 1.82. The Kier molecular flexibility index (Phi) is 5.46. The van der Waals surface area contributed by atoms with Gasteiger partial charge in [0.1, 0.15) is 11.6 Å². The number of hydrogen-bond acceptors (Lipinski definition) is 4. The van der Waals surface area contributed by atoms with Crippen LogP contribution in [0.2, 0.25) is 0 Å². The van der Waals surface area contributed by atoms with E-state index < -0.39 is 0 Å².